The minimum atomic E-state index is -0.365. The van der Waals surface area contributed by atoms with Crippen LogP contribution in [0.3, 0.4) is 0 Å². The van der Waals surface area contributed by atoms with Crippen LogP contribution in [0.4, 0.5) is 0 Å². The third kappa shape index (κ3) is 4.18. The maximum absolute atomic E-state index is 12.8. The molecule has 0 aliphatic carbocycles. The second-order valence-corrected chi connectivity index (χ2v) is 6.86. The lowest BCUT2D eigenvalue weighted by Crippen LogP contribution is -2.46. The van der Waals surface area contributed by atoms with Crippen LogP contribution in [-0.4, -0.2) is 66.1 Å². The molecule has 2 aliphatic heterocycles. The molecule has 2 saturated heterocycles. The van der Waals surface area contributed by atoms with Crippen LogP contribution in [0.5, 0.6) is 0 Å². The zero-order valence-electron chi connectivity index (χ0n) is 13.8. The summed E-state index contributed by atoms with van der Waals surface area (Å²) in [4.78, 5) is 31.1. The van der Waals surface area contributed by atoms with Gasteiger partial charge in [-0.3, -0.25) is 14.5 Å². The number of nitrogens with one attached hydrogen (secondary N) is 1. The number of carbonyl (C=O) groups excluding carboxylic acids is 1. The Balaban J connectivity index is 1.65. The summed E-state index contributed by atoms with van der Waals surface area (Å²) in [5.74, 6) is -0.0418. The van der Waals surface area contributed by atoms with Crippen molar-refractivity contribution < 1.29 is 9.53 Å². The summed E-state index contributed by atoms with van der Waals surface area (Å²) in [7, 11) is 0. The molecule has 2 aliphatic rings. The summed E-state index contributed by atoms with van der Waals surface area (Å²) in [6, 6.07) is 1.72. The highest BCUT2D eigenvalue weighted by atomic mass is 35.5. The molecule has 24 heavy (non-hydrogen) atoms. The van der Waals surface area contributed by atoms with E-state index in [0.29, 0.717) is 5.56 Å². The molecule has 1 aromatic heterocycles. The molecular weight excluding hydrogens is 330 g/mol. The number of ether oxygens (including phenoxy) is 1. The lowest BCUT2D eigenvalue weighted by Gasteiger charge is -2.37. The van der Waals surface area contributed by atoms with Crippen molar-refractivity contribution >= 4 is 17.5 Å². The summed E-state index contributed by atoms with van der Waals surface area (Å²) in [6.07, 6.45) is 5.65. The fourth-order valence-corrected chi connectivity index (χ4v) is 3.64. The number of morpholine rings is 1. The first kappa shape index (κ1) is 17.5. The van der Waals surface area contributed by atoms with Crippen LogP contribution in [0.25, 0.3) is 0 Å². The molecule has 0 spiro atoms. The smallest absolute Gasteiger partial charge is 0.266 e. The van der Waals surface area contributed by atoms with Crippen LogP contribution in [0.1, 0.15) is 36.0 Å². The van der Waals surface area contributed by atoms with E-state index in [1.54, 1.807) is 0 Å². The Morgan fingerprint density at radius 1 is 1.29 bits per heavy atom. The zero-order valence-corrected chi connectivity index (χ0v) is 14.6. The van der Waals surface area contributed by atoms with E-state index in [-0.39, 0.29) is 22.5 Å². The molecule has 0 saturated carbocycles. The number of aromatic amines is 1. The average Bonchev–Trinajstić information content (AvgIpc) is 2.63. The van der Waals surface area contributed by atoms with Crippen molar-refractivity contribution in [2.75, 3.05) is 39.4 Å². The monoisotopic (exact) mass is 353 g/mol. The van der Waals surface area contributed by atoms with Crippen molar-refractivity contribution in [3.8, 4) is 0 Å². The number of amides is 1. The van der Waals surface area contributed by atoms with Gasteiger partial charge < -0.3 is 14.6 Å². The number of hydrogen-bond acceptors (Lipinski definition) is 4. The maximum Gasteiger partial charge on any atom is 0.266 e. The van der Waals surface area contributed by atoms with E-state index >= 15 is 0 Å². The van der Waals surface area contributed by atoms with Crippen LogP contribution in [-0.2, 0) is 4.74 Å². The van der Waals surface area contributed by atoms with Crippen LogP contribution in [0.2, 0.25) is 5.02 Å². The van der Waals surface area contributed by atoms with Crippen molar-refractivity contribution in [2.45, 2.75) is 31.7 Å². The predicted octanol–water partition coefficient (Wildman–Crippen LogP) is 1.75. The molecule has 1 amide bonds. The maximum atomic E-state index is 12.8. The number of H-pyrrole nitrogens is 1. The molecule has 7 heteroatoms. The molecule has 0 aromatic carbocycles. The van der Waals surface area contributed by atoms with Crippen LogP contribution >= 0.6 is 11.6 Å². The van der Waals surface area contributed by atoms with E-state index in [9.17, 15) is 9.59 Å². The van der Waals surface area contributed by atoms with Gasteiger partial charge in [0.2, 0.25) is 0 Å². The molecule has 1 unspecified atom stereocenters. The number of rotatable bonds is 4. The van der Waals surface area contributed by atoms with Gasteiger partial charge in [0.1, 0.15) is 5.02 Å². The standard InChI is InChI=1S/C17H24ClN3O3/c18-15-11-13(12-19-16(15)22)17(23)21-5-2-1-3-14(21)4-6-20-7-9-24-10-8-20/h11-12,14H,1-10H2,(H,19,22). The largest absolute Gasteiger partial charge is 0.379 e. The molecule has 1 aromatic rings. The van der Waals surface area contributed by atoms with Crippen molar-refractivity contribution in [3.63, 3.8) is 0 Å². The van der Waals surface area contributed by atoms with E-state index in [0.717, 1.165) is 65.1 Å². The topological polar surface area (TPSA) is 65.6 Å². The van der Waals surface area contributed by atoms with Crippen LogP contribution < -0.4 is 5.56 Å². The SMILES string of the molecule is O=C(c1c[nH]c(=O)c(Cl)c1)N1CCCCC1CCN1CCOCC1. The normalized spacial score (nSPS) is 22.5. The summed E-state index contributed by atoms with van der Waals surface area (Å²) in [6.45, 7) is 5.28. The highest BCUT2D eigenvalue weighted by Crippen LogP contribution is 2.22. The number of nitrogens with zero attached hydrogens (tertiary/aromatic N) is 2. The van der Waals surface area contributed by atoms with Gasteiger partial charge in [-0.05, 0) is 31.7 Å². The second kappa shape index (κ2) is 8.14. The van der Waals surface area contributed by atoms with Crippen molar-refractivity contribution in [3.05, 3.63) is 33.2 Å². The van der Waals surface area contributed by atoms with E-state index < -0.39 is 0 Å². The van der Waals surface area contributed by atoms with Crippen LogP contribution in [0.15, 0.2) is 17.1 Å². The Morgan fingerprint density at radius 2 is 2.08 bits per heavy atom. The lowest BCUT2D eigenvalue weighted by molar-refractivity contribution is 0.0295. The molecule has 3 heterocycles. The quantitative estimate of drug-likeness (QED) is 0.895. The van der Waals surface area contributed by atoms with Gasteiger partial charge in [-0.2, -0.15) is 0 Å². The molecular formula is C17H24ClN3O3. The van der Waals surface area contributed by atoms with Gasteiger partial charge in [0.05, 0.1) is 18.8 Å². The van der Waals surface area contributed by atoms with Gasteiger partial charge in [-0.1, -0.05) is 11.6 Å². The highest BCUT2D eigenvalue weighted by molar-refractivity contribution is 6.30. The van der Waals surface area contributed by atoms with Crippen molar-refractivity contribution in [1.29, 1.82) is 0 Å². The predicted molar refractivity (Wildman–Crippen MR) is 92.6 cm³/mol. The molecule has 6 nitrogen and oxygen atoms in total. The van der Waals surface area contributed by atoms with E-state index in [1.807, 2.05) is 4.90 Å². The van der Waals surface area contributed by atoms with E-state index in [2.05, 4.69) is 9.88 Å². The Labute approximate surface area is 146 Å². The van der Waals surface area contributed by atoms with Crippen molar-refractivity contribution in [2.24, 2.45) is 0 Å². The average molecular weight is 354 g/mol. The molecule has 132 valence electrons. The fraction of sp³-hybridized carbons (Fsp3) is 0.647. The van der Waals surface area contributed by atoms with Gasteiger partial charge in [-0.15, -0.1) is 0 Å². The Kier molecular flexibility index (Phi) is 5.92. The lowest BCUT2D eigenvalue weighted by atomic mass is 9.98. The number of carbonyl (C=O) groups is 1. The molecule has 2 fully saturated rings. The second-order valence-electron chi connectivity index (χ2n) is 6.46. The molecule has 3 rings (SSSR count). The first-order valence-corrected chi connectivity index (χ1v) is 9.02. The third-order valence-corrected chi connectivity index (χ3v) is 5.16. The molecule has 0 radical (unpaired) electrons. The van der Waals surface area contributed by atoms with Gasteiger partial charge in [-0.25, -0.2) is 0 Å². The number of piperidine rings is 1. The summed E-state index contributed by atoms with van der Waals surface area (Å²) in [5, 5.41) is 0.0581. The van der Waals surface area contributed by atoms with Crippen LogP contribution in [0, 0.1) is 0 Å². The molecule has 1 N–H and O–H groups in total. The van der Waals surface area contributed by atoms with Gasteiger partial charge >= 0.3 is 0 Å². The summed E-state index contributed by atoms with van der Waals surface area (Å²) in [5.41, 5.74) is 0.0913. The first-order valence-electron chi connectivity index (χ1n) is 8.64. The molecule has 1 atom stereocenters. The molecule has 0 bridgehead atoms. The number of aromatic nitrogens is 1. The minimum absolute atomic E-state index is 0.0418. The highest BCUT2D eigenvalue weighted by Gasteiger charge is 2.28. The Bertz CT molecular complexity index is 628. The Hall–Kier alpha value is -1.37. The van der Waals surface area contributed by atoms with Gasteiger partial charge in [0.25, 0.3) is 11.5 Å². The number of hydrogen-bond donors (Lipinski definition) is 1. The third-order valence-electron chi connectivity index (χ3n) is 4.88. The summed E-state index contributed by atoms with van der Waals surface area (Å²) < 4.78 is 5.38. The van der Waals surface area contributed by atoms with Gasteiger partial charge in [0.15, 0.2) is 0 Å². The van der Waals surface area contributed by atoms with E-state index in [1.165, 1.54) is 12.3 Å². The fourth-order valence-electron chi connectivity index (χ4n) is 3.47. The first-order chi connectivity index (χ1) is 11.6. The zero-order chi connectivity index (χ0) is 16.9. The summed E-state index contributed by atoms with van der Waals surface area (Å²) >= 11 is 5.86. The van der Waals surface area contributed by atoms with E-state index in [4.69, 9.17) is 16.3 Å². The Morgan fingerprint density at radius 3 is 2.83 bits per heavy atom. The number of pyridine rings is 1. The minimum Gasteiger partial charge on any atom is -0.379 e. The number of halogens is 1. The van der Waals surface area contributed by atoms with Crippen molar-refractivity contribution in [1.82, 2.24) is 14.8 Å². The van der Waals surface area contributed by atoms with Gasteiger partial charge in [0, 0.05) is 38.4 Å². The number of likely N-dealkylation sites (tertiary alicyclic amines) is 1.